The minimum absolute atomic E-state index is 0.0211. The Bertz CT molecular complexity index is 1790. The summed E-state index contributed by atoms with van der Waals surface area (Å²) in [6.07, 6.45) is 6.48. The molecular weight excluding hydrogens is 595 g/mol. The van der Waals surface area contributed by atoms with Crippen LogP contribution in [-0.2, 0) is 17.8 Å². The fraction of sp³-hybridized carbons (Fsp3) is 0.139. The molecule has 1 N–H and O–H groups in total. The Balaban J connectivity index is 1.34. The molecule has 8 heteroatoms. The first kappa shape index (κ1) is 30.8. The lowest BCUT2D eigenvalue weighted by molar-refractivity contribution is -0.119. The Morgan fingerprint density at radius 2 is 1.57 bits per heavy atom. The summed E-state index contributed by atoms with van der Waals surface area (Å²) in [5, 5.41) is 10.1. The molecule has 1 aromatic heterocycles. The number of benzene rings is 4. The van der Waals surface area contributed by atoms with Crippen LogP contribution in [0.3, 0.4) is 0 Å². The predicted octanol–water partition coefficient (Wildman–Crippen LogP) is 8.99. The maximum Gasteiger partial charge on any atom is 0.335 e. The van der Waals surface area contributed by atoms with Crippen molar-refractivity contribution in [2.24, 2.45) is 0 Å². The number of hydrogen-bond donors (Lipinski definition) is 1. The van der Waals surface area contributed by atoms with E-state index in [-0.39, 0.29) is 17.9 Å². The van der Waals surface area contributed by atoms with Crippen LogP contribution in [0.25, 0.3) is 34.5 Å². The molecule has 1 heterocycles. The molecule has 6 nitrogen and oxygen atoms in total. The molecule has 0 spiro atoms. The molecule has 0 atom stereocenters. The maximum atomic E-state index is 13.1. The highest BCUT2D eigenvalue weighted by Gasteiger charge is 2.14. The van der Waals surface area contributed by atoms with Gasteiger partial charge in [0.1, 0.15) is 11.6 Å². The second kappa shape index (κ2) is 14.2. The van der Waals surface area contributed by atoms with Gasteiger partial charge in [0.05, 0.1) is 29.4 Å². The summed E-state index contributed by atoms with van der Waals surface area (Å²) >= 11 is 12.6. The second-order valence-electron chi connectivity index (χ2n) is 10.2. The van der Waals surface area contributed by atoms with Gasteiger partial charge in [0.25, 0.3) is 0 Å². The highest BCUT2D eigenvalue weighted by Crippen LogP contribution is 2.30. The summed E-state index contributed by atoms with van der Waals surface area (Å²) in [4.78, 5) is 29.0. The van der Waals surface area contributed by atoms with E-state index in [2.05, 4.69) is 12.1 Å². The smallest absolute Gasteiger partial charge is 0.335 e. The summed E-state index contributed by atoms with van der Waals surface area (Å²) in [6.45, 7) is 2.72. The van der Waals surface area contributed by atoms with Crippen LogP contribution in [0, 0.1) is 0 Å². The van der Waals surface area contributed by atoms with Crippen LogP contribution in [0.2, 0.25) is 10.0 Å². The highest BCUT2D eigenvalue weighted by molar-refractivity contribution is 6.36. The van der Waals surface area contributed by atoms with Gasteiger partial charge in [0.2, 0.25) is 0 Å². The predicted molar refractivity (Wildman–Crippen MR) is 176 cm³/mol. The number of carbonyl (C=O) groups is 2. The largest absolute Gasteiger partial charge is 0.494 e. The Morgan fingerprint density at radius 3 is 2.20 bits per heavy atom. The molecule has 0 bridgehead atoms. The van der Waals surface area contributed by atoms with Crippen LogP contribution < -0.4 is 4.74 Å². The summed E-state index contributed by atoms with van der Waals surface area (Å²) in [6, 6.07) is 28.0. The first-order valence-corrected chi connectivity index (χ1v) is 14.9. The first-order chi connectivity index (χ1) is 21.3. The minimum atomic E-state index is -0.978. The molecule has 222 valence electrons. The van der Waals surface area contributed by atoms with E-state index in [0.29, 0.717) is 41.0 Å². The number of nitrogens with zero attached hydrogens (tertiary/aromatic N) is 2. The molecule has 0 aliphatic carbocycles. The van der Waals surface area contributed by atoms with Gasteiger partial charge in [-0.15, -0.1) is 0 Å². The number of Topliss-reactive ketones (excluding diaryl/α,β-unsaturated/α-hetero) is 1. The van der Waals surface area contributed by atoms with Crippen molar-refractivity contribution in [3.8, 4) is 28.1 Å². The lowest BCUT2D eigenvalue weighted by Crippen LogP contribution is -2.11. The zero-order valence-corrected chi connectivity index (χ0v) is 25.6. The average Bonchev–Trinajstić information content (AvgIpc) is 3.41. The van der Waals surface area contributed by atoms with E-state index in [4.69, 9.17) is 38.0 Å². The van der Waals surface area contributed by atoms with Crippen LogP contribution in [0.4, 0.5) is 0 Å². The van der Waals surface area contributed by atoms with Crippen molar-refractivity contribution in [2.75, 3.05) is 6.61 Å². The maximum absolute atomic E-state index is 13.1. The average molecular weight is 626 g/mol. The van der Waals surface area contributed by atoms with Gasteiger partial charge >= 0.3 is 5.97 Å². The minimum Gasteiger partial charge on any atom is -0.494 e. The van der Waals surface area contributed by atoms with Crippen molar-refractivity contribution in [1.29, 1.82) is 0 Å². The van der Waals surface area contributed by atoms with E-state index in [1.165, 1.54) is 0 Å². The van der Waals surface area contributed by atoms with Crippen LogP contribution in [0.1, 0.15) is 40.7 Å². The molecule has 44 heavy (non-hydrogen) atoms. The zero-order chi connectivity index (χ0) is 31.1. The lowest BCUT2D eigenvalue weighted by atomic mass is 10.0. The number of aromatic carboxylic acids is 1. The van der Waals surface area contributed by atoms with Gasteiger partial charge in [0.15, 0.2) is 5.78 Å². The monoisotopic (exact) mass is 624 g/mol. The van der Waals surface area contributed by atoms with E-state index in [0.717, 1.165) is 33.6 Å². The Labute approximate surface area is 266 Å². The molecule has 0 radical (unpaired) electrons. The number of imidazole rings is 1. The Morgan fingerprint density at radius 1 is 0.886 bits per heavy atom. The van der Waals surface area contributed by atoms with Crippen LogP contribution in [0.5, 0.6) is 5.75 Å². The van der Waals surface area contributed by atoms with E-state index >= 15 is 0 Å². The number of ether oxygens (including phenoxy) is 1. The van der Waals surface area contributed by atoms with Crippen molar-refractivity contribution in [3.63, 3.8) is 0 Å². The number of carboxylic acid groups (broad SMARTS) is 1. The quantitative estimate of drug-likeness (QED) is 0.150. The standard InChI is InChI=1S/C36H30Cl2N2O4/c1-2-44-31-17-13-27(14-18-31)26-9-3-25(4-10-26)8-20-35-39-34(32-19-15-29(37)21-33(32)38)23-40(35)22-30(41)16-7-24-5-11-28(12-6-24)36(42)43/h3-6,8-15,17-21,23H,2,7,16,22H2,1H3,(H,42,43)/b20-8+. The van der Waals surface area contributed by atoms with Crippen molar-refractivity contribution in [2.45, 2.75) is 26.3 Å². The van der Waals surface area contributed by atoms with Gasteiger partial charge in [-0.25, -0.2) is 9.78 Å². The van der Waals surface area contributed by atoms with Crippen molar-refractivity contribution < 1.29 is 19.4 Å². The molecule has 0 aliphatic rings. The number of carbonyl (C=O) groups excluding carboxylic acids is 1. The number of carboxylic acids is 1. The molecule has 0 unspecified atom stereocenters. The third kappa shape index (κ3) is 7.84. The van der Waals surface area contributed by atoms with Crippen molar-refractivity contribution in [1.82, 2.24) is 9.55 Å². The summed E-state index contributed by atoms with van der Waals surface area (Å²) in [7, 11) is 0. The number of ketones is 1. The molecule has 0 aliphatic heterocycles. The molecule has 5 aromatic rings. The normalized spacial score (nSPS) is 11.2. The van der Waals surface area contributed by atoms with Crippen LogP contribution >= 0.6 is 23.2 Å². The Kier molecular flexibility index (Phi) is 9.95. The number of aromatic nitrogens is 2. The third-order valence-electron chi connectivity index (χ3n) is 7.09. The number of hydrogen-bond acceptors (Lipinski definition) is 4. The van der Waals surface area contributed by atoms with Crippen LogP contribution in [0.15, 0.2) is 97.2 Å². The van der Waals surface area contributed by atoms with Crippen molar-refractivity contribution in [3.05, 3.63) is 130 Å². The molecule has 0 amide bonds. The third-order valence-corrected chi connectivity index (χ3v) is 7.64. The van der Waals surface area contributed by atoms with Crippen molar-refractivity contribution >= 4 is 47.1 Å². The topological polar surface area (TPSA) is 81.4 Å². The SMILES string of the molecule is CCOc1ccc(-c2ccc(/C=C/c3nc(-c4ccc(Cl)cc4Cl)cn3CC(=O)CCc3ccc(C(=O)O)cc3)cc2)cc1. The summed E-state index contributed by atoms with van der Waals surface area (Å²) in [5.41, 5.74) is 5.64. The van der Waals surface area contributed by atoms with Gasteiger partial charge in [-0.05, 0) is 84.1 Å². The van der Waals surface area contributed by atoms with Gasteiger partial charge in [0, 0.05) is 23.2 Å². The number of aryl methyl sites for hydroxylation is 1. The Hall–Kier alpha value is -4.65. The number of halogens is 2. The fourth-order valence-corrected chi connectivity index (χ4v) is 5.26. The molecule has 4 aromatic carbocycles. The second-order valence-corrected chi connectivity index (χ2v) is 11.0. The van der Waals surface area contributed by atoms with E-state index < -0.39 is 5.97 Å². The molecule has 0 saturated carbocycles. The van der Waals surface area contributed by atoms with E-state index in [9.17, 15) is 9.59 Å². The zero-order valence-electron chi connectivity index (χ0n) is 24.0. The van der Waals surface area contributed by atoms with Gasteiger partial charge in [-0.2, -0.15) is 0 Å². The summed E-state index contributed by atoms with van der Waals surface area (Å²) in [5.74, 6) is 0.500. The molecule has 0 fully saturated rings. The number of rotatable bonds is 12. The molecule has 5 rings (SSSR count). The summed E-state index contributed by atoms with van der Waals surface area (Å²) < 4.78 is 7.36. The molecule has 0 saturated heterocycles. The van der Waals surface area contributed by atoms with Crippen LogP contribution in [-0.4, -0.2) is 33.0 Å². The van der Waals surface area contributed by atoms with E-state index in [1.54, 1.807) is 36.4 Å². The lowest BCUT2D eigenvalue weighted by Gasteiger charge is -2.06. The fourth-order valence-electron chi connectivity index (χ4n) is 4.75. The first-order valence-electron chi connectivity index (χ1n) is 14.2. The molecular formula is C36H30Cl2N2O4. The van der Waals surface area contributed by atoms with Gasteiger partial charge in [-0.1, -0.05) is 77.8 Å². The van der Waals surface area contributed by atoms with Gasteiger partial charge in [-0.3, -0.25) is 4.79 Å². The highest BCUT2D eigenvalue weighted by atomic mass is 35.5. The van der Waals surface area contributed by atoms with E-state index in [1.807, 2.05) is 72.3 Å². The van der Waals surface area contributed by atoms with Gasteiger partial charge < -0.3 is 14.4 Å².